The second kappa shape index (κ2) is 11.7. The van der Waals surface area contributed by atoms with Crippen LogP contribution in [0.3, 0.4) is 0 Å². The van der Waals surface area contributed by atoms with E-state index in [1.165, 1.54) is 0 Å². The molecule has 33 heavy (non-hydrogen) atoms. The number of fused-ring (bicyclic) bond motifs is 1. The number of carbonyl (C=O) groups excluding carboxylic acids is 2. The number of likely N-dealkylation sites (N-methyl/N-ethyl adjacent to an activating group) is 1. The van der Waals surface area contributed by atoms with Crippen LogP contribution in [0.15, 0.2) is 54.6 Å². The molecule has 3 rings (SSSR count). The highest BCUT2D eigenvalue weighted by molar-refractivity contribution is 6.31. The zero-order valence-electron chi connectivity index (χ0n) is 19.2. The summed E-state index contributed by atoms with van der Waals surface area (Å²) in [7, 11) is 3.37. The summed E-state index contributed by atoms with van der Waals surface area (Å²) in [5.41, 5.74) is 2.80. The van der Waals surface area contributed by atoms with Crippen LogP contribution in [0.4, 0.5) is 5.69 Å². The Morgan fingerprint density at radius 3 is 2.70 bits per heavy atom. The topological polar surface area (TPSA) is 70.7 Å². The van der Waals surface area contributed by atoms with E-state index in [1.807, 2.05) is 61.5 Å². The second-order valence-corrected chi connectivity index (χ2v) is 8.45. The third kappa shape index (κ3) is 6.24. The molecule has 0 saturated heterocycles. The molecule has 3 aromatic carbocycles. The number of para-hydroxylation sites is 1. The molecule has 1 atom stereocenters. The lowest BCUT2D eigenvalue weighted by Crippen LogP contribution is -2.38. The summed E-state index contributed by atoms with van der Waals surface area (Å²) >= 11 is 6.18. The van der Waals surface area contributed by atoms with E-state index in [0.29, 0.717) is 11.6 Å². The van der Waals surface area contributed by atoms with Gasteiger partial charge >= 0.3 is 0 Å². The van der Waals surface area contributed by atoms with Gasteiger partial charge in [0.15, 0.2) is 0 Å². The Labute approximate surface area is 199 Å². The van der Waals surface area contributed by atoms with Gasteiger partial charge in [-0.1, -0.05) is 41.9 Å². The van der Waals surface area contributed by atoms with E-state index in [4.69, 9.17) is 16.3 Å². The SMILES string of the molecule is CNCC(=O)NC(C)CCc1ccccc1N(C=O)Cc1c(OC)ccc2cc(Cl)ccc12. The third-order valence-electron chi connectivity index (χ3n) is 5.62. The fourth-order valence-corrected chi connectivity index (χ4v) is 4.16. The first-order valence-electron chi connectivity index (χ1n) is 11.0. The van der Waals surface area contributed by atoms with Crippen LogP contribution in [0, 0.1) is 0 Å². The minimum absolute atomic E-state index is 0.0199. The molecule has 6 nitrogen and oxygen atoms in total. The largest absolute Gasteiger partial charge is 0.496 e. The number of anilines is 1. The molecule has 2 N–H and O–H groups in total. The average Bonchev–Trinajstić information content (AvgIpc) is 2.81. The van der Waals surface area contributed by atoms with Crippen LogP contribution in [0.25, 0.3) is 10.8 Å². The lowest BCUT2D eigenvalue weighted by Gasteiger charge is -2.24. The average molecular weight is 468 g/mol. The molecule has 1 unspecified atom stereocenters. The van der Waals surface area contributed by atoms with Gasteiger partial charge in [0.1, 0.15) is 5.75 Å². The first-order chi connectivity index (χ1) is 16.0. The number of nitrogens with one attached hydrogen (secondary N) is 2. The van der Waals surface area contributed by atoms with Gasteiger partial charge in [0.05, 0.1) is 20.2 Å². The highest BCUT2D eigenvalue weighted by Gasteiger charge is 2.17. The third-order valence-corrected chi connectivity index (χ3v) is 5.85. The summed E-state index contributed by atoms with van der Waals surface area (Å²) in [6, 6.07) is 17.5. The van der Waals surface area contributed by atoms with Crippen LogP contribution in [-0.4, -0.2) is 39.1 Å². The Hall–Kier alpha value is -3.09. The molecule has 3 aromatic rings. The summed E-state index contributed by atoms with van der Waals surface area (Å²) in [4.78, 5) is 25.7. The lowest BCUT2D eigenvalue weighted by atomic mass is 10.0. The number of hydrogen-bond acceptors (Lipinski definition) is 4. The zero-order valence-corrected chi connectivity index (χ0v) is 20.0. The maximum absolute atomic E-state index is 12.2. The Morgan fingerprint density at radius 2 is 1.97 bits per heavy atom. The van der Waals surface area contributed by atoms with E-state index < -0.39 is 0 Å². The minimum atomic E-state index is -0.0315. The number of hydrogen-bond donors (Lipinski definition) is 2. The number of amides is 2. The number of benzene rings is 3. The molecule has 0 aliphatic heterocycles. The molecular formula is C26H30ClN3O3. The molecule has 7 heteroatoms. The maximum Gasteiger partial charge on any atom is 0.234 e. The number of ether oxygens (including phenoxy) is 1. The first-order valence-corrected chi connectivity index (χ1v) is 11.3. The highest BCUT2D eigenvalue weighted by Crippen LogP contribution is 2.32. The van der Waals surface area contributed by atoms with Crippen LogP contribution in [0.1, 0.15) is 24.5 Å². The van der Waals surface area contributed by atoms with Crippen molar-refractivity contribution in [3.63, 3.8) is 0 Å². The molecule has 0 radical (unpaired) electrons. The predicted octanol–water partition coefficient (Wildman–Crippen LogP) is 4.32. The van der Waals surface area contributed by atoms with Crippen molar-refractivity contribution >= 4 is 40.4 Å². The van der Waals surface area contributed by atoms with Crippen LogP contribution in [0.5, 0.6) is 5.75 Å². The van der Waals surface area contributed by atoms with Gasteiger partial charge < -0.3 is 20.3 Å². The molecule has 0 aliphatic rings. The molecule has 0 saturated carbocycles. The Bertz CT molecular complexity index is 1120. The maximum atomic E-state index is 12.2. The summed E-state index contributed by atoms with van der Waals surface area (Å²) < 4.78 is 5.61. The first kappa shape index (κ1) is 24.6. The number of nitrogens with zero attached hydrogens (tertiary/aromatic N) is 1. The van der Waals surface area contributed by atoms with E-state index in [2.05, 4.69) is 10.6 Å². The van der Waals surface area contributed by atoms with Crippen LogP contribution in [0.2, 0.25) is 5.02 Å². The lowest BCUT2D eigenvalue weighted by molar-refractivity contribution is -0.120. The summed E-state index contributed by atoms with van der Waals surface area (Å²) in [6.45, 7) is 2.63. The number of methoxy groups -OCH3 is 1. The second-order valence-electron chi connectivity index (χ2n) is 8.01. The van der Waals surface area contributed by atoms with E-state index in [0.717, 1.165) is 52.6 Å². The molecule has 0 aromatic heterocycles. The van der Waals surface area contributed by atoms with E-state index in [1.54, 1.807) is 19.1 Å². The van der Waals surface area contributed by atoms with Gasteiger partial charge in [0.25, 0.3) is 0 Å². The fraction of sp³-hybridized carbons (Fsp3) is 0.308. The molecule has 174 valence electrons. The molecule has 2 amide bonds. The number of halogens is 1. The molecule has 0 aliphatic carbocycles. The minimum Gasteiger partial charge on any atom is -0.496 e. The van der Waals surface area contributed by atoms with Crippen molar-refractivity contribution < 1.29 is 14.3 Å². The molecular weight excluding hydrogens is 438 g/mol. The van der Waals surface area contributed by atoms with Gasteiger partial charge in [-0.15, -0.1) is 0 Å². The van der Waals surface area contributed by atoms with Crippen molar-refractivity contribution in [2.24, 2.45) is 0 Å². The number of carbonyl (C=O) groups is 2. The predicted molar refractivity (Wildman–Crippen MR) is 134 cm³/mol. The summed E-state index contributed by atoms with van der Waals surface area (Å²) in [6.07, 6.45) is 2.34. The molecule has 0 spiro atoms. The summed E-state index contributed by atoms with van der Waals surface area (Å²) in [5.74, 6) is 0.686. The Balaban J connectivity index is 1.85. The Morgan fingerprint density at radius 1 is 1.18 bits per heavy atom. The van der Waals surface area contributed by atoms with Gasteiger partial charge in [-0.3, -0.25) is 9.59 Å². The molecule has 0 fully saturated rings. The van der Waals surface area contributed by atoms with Crippen molar-refractivity contribution in [1.29, 1.82) is 0 Å². The highest BCUT2D eigenvalue weighted by atomic mass is 35.5. The van der Waals surface area contributed by atoms with Crippen LogP contribution >= 0.6 is 11.6 Å². The quantitative estimate of drug-likeness (QED) is 0.412. The van der Waals surface area contributed by atoms with Crippen molar-refractivity contribution in [3.05, 3.63) is 70.7 Å². The van der Waals surface area contributed by atoms with Crippen molar-refractivity contribution in [2.45, 2.75) is 32.4 Å². The van der Waals surface area contributed by atoms with Gasteiger partial charge in [0.2, 0.25) is 12.3 Å². The van der Waals surface area contributed by atoms with Crippen LogP contribution in [-0.2, 0) is 22.6 Å². The zero-order chi connectivity index (χ0) is 23.8. The van der Waals surface area contributed by atoms with Gasteiger partial charge in [-0.25, -0.2) is 0 Å². The smallest absolute Gasteiger partial charge is 0.234 e. The number of rotatable bonds is 11. The Kier molecular flexibility index (Phi) is 8.69. The van der Waals surface area contributed by atoms with Crippen molar-refractivity contribution in [1.82, 2.24) is 10.6 Å². The van der Waals surface area contributed by atoms with Crippen molar-refractivity contribution in [3.8, 4) is 5.75 Å². The van der Waals surface area contributed by atoms with E-state index in [-0.39, 0.29) is 18.5 Å². The van der Waals surface area contributed by atoms with E-state index in [9.17, 15) is 9.59 Å². The van der Waals surface area contributed by atoms with Gasteiger partial charge in [-0.2, -0.15) is 0 Å². The summed E-state index contributed by atoms with van der Waals surface area (Å²) in [5, 5.41) is 8.47. The monoisotopic (exact) mass is 467 g/mol. The van der Waals surface area contributed by atoms with Crippen LogP contribution < -0.4 is 20.3 Å². The standard InChI is InChI=1S/C26H30ClN3O3/c1-18(29-26(32)15-28-2)8-9-19-6-4-5-7-24(19)30(17-31)16-23-22-12-11-21(27)14-20(22)10-13-25(23)33-3/h4-7,10-14,17-18,28H,8-9,15-16H2,1-3H3,(H,29,32). The van der Waals surface area contributed by atoms with Gasteiger partial charge in [0, 0.05) is 22.3 Å². The van der Waals surface area contributed by atoms with Crippen molar-refractivity contribution in [2.75, 3.05) is 25.6 Å². The van der Waals surface area contributed by atoms with Gasteiger partial charge in [-0.05, 0) is 67.4 Å². The molecule has 0 bridgehead atoms. The molecule has 0 heterocycles. The number of aryl methyl sites for hydroxylation is 1. The van der Waals surface area contributed by atoms with E-state index >= 15 is 0 Å². The fourth-order valence-electron chi connectivity index (χ4n) is 3.98. The normalized spacial score (nSPS) is 11.8.